The van der Waals surface area contributed by atoms with Crippen LogP contribution in [0.25, 0.3) is 0 Å². The molecule has 4 fully saturated rings. The summed E-state index contributed by atoms with van der Waals surface area (Å²) in [4.78, 5) is 29.3. The van der Waals surface area contributed by atoms with E-state index in [0.717, 1.165) is 51.6 Å². The van der Waals surface area contributed by atoms with Crippen LogP contribution in [0.1, 0.15) is 51.4 Å². The molecular weight excluding hydrogens is 292 g/mol. The summed E-state index contributed by atoms with van der Waals surface area (Å²) in [7, 11) is 0. The van der Waals surface area contributed by atoms with Crippen molar-refractivity contribution in [3.8, 4) is 0 Å². The van der Waals surface area contributed by atoms with Gasteiger partial charge in [-0.3, -0.25) is 9.59 Å². The molecule has 0 aromatic heterocycles. The number of piperidine rings is 1. The number of carbonyl (C=O) groups excluding carboxylic acids is 2. The van der Waals surface area contributed by atoms with Gasteiger partial charge in [0.15, 0.2) is 0 Å². The molecule has 2 saturated carbocycles. The molecule has 2 heterocycles. The second kappa shape index (κ2) is 6.08. The Hall–Kier alpha value is -1.10. The van der Waals surface area contributed by atoms with Crippen LogP contribution in [-0.4, -0.2) is 60.0 Å². The van der Waals surface area contributed by atoms with Gasteiger partial charge in [0, 0.05) is 32.1 Å². The molecule has 0 aromatic carbocycles. The summed E-state index contributed by atoms with van der Waals surface area (Å²) in [5, 5.41) is 0. The normalized spacial score (nSPS) is 30.7. The van der Waals surface area contributed by atoms with E-state index >= 15 is 0 Å². The van der Waals surface area contributed by atoms with Gasteiger partial charge in [0.05, 0.1) is 18.1 Å². The molecule has 2 amide bonds. The Labute approximate surface area is 138 Å². The number of carbonyl (C=O) groups is 2. The molecule has 0 aromatic rings. The van der Waals surface area contributed by atoms with E-state index in [-0.39, 0.29) is 29.3 Å². The zero-order valence-electron chi connectivity index (χ0n) is 14.0. The number of likely N-dealkylation sites (tertiary alicyclic amines) is 1. The van der Waals surface area contributed by atoms with E-state index in [4.69, 9.17) is 4.74 Å². The molecule has 2 saturated heterocycles. The van der Waals surface area contributed by atoms with Crippen LogP contribution in [0.3, 0.4) is 0 Å². The molecular formula is C18H28N2O3. The molecule has 1 spiro atoms. The maximum atomic E-state index is 13.0. The first-order valence-electron chi connectivity index (χ1n) is 9.38. The largest absolute Gasteiger partial charge is 0.371 e. The van der Waals surface area contributed by atoms with Gasteiger partial charge in [-0.1, -0.05) is 12.8 Å². The molecule has 2 aliphatic heterocycles. The Morgan fingerprint density at radius 2 is 1.61 bits per heavy atom. The zero-order valence-corrected chi connectivity index (χ0v) is 14.0. The van der Waals surface area contributed by atoms with Crippen LogP contribution >= 0.6 is 0 Å². The first-order chi connectivity index (χ1) is 11.2. The summed E-state index contributed by atoms with van der Waals surface area (Å²) < 4.78 is 6.03. The standard InChI is InChI=1S/C18H28N2O3/c21-16(14-5-6-14)19-9-3-4-15(12-19)17(22)20-10-11-23-18(13-20)7-1-2-8-18/h14-15H,1-13H2/t15-/m1/s1. The van der Waals surface area contributed by atoms with Gasteiger partial charge < -0.3 is 14.5 Å². The third-order valence-corrected chi connectivity index (χ3v) is 6.08. The van der Waals surface area contributed by atoms with Gasteiger partial charge in [-0.15, -0.1) is 0 Å². The lowest BCUT2D eigenvalue weighted by Gasteiger charge is -2.43. The molecule has 128 valence electrons. The highest BCUT2D eigenvalue weighted by Gasteiger charge is 2.43. The van der Waals surface area contributed by atoms with Gasteiger partial charge in [0.1, 0.15) is 0 Å². The van der Waals surface area contributed by atoms with Crippen LogP contribution < -0.4 is 0 Å². The van der Waals surface area contributed by atoms with E-state index in [9.17, 15) is 9.59 Å². The molecule has 0 bridgehead atoms. The number of rotatable bonds is 2. The lowest BCUT2D eigenvalue weighted by Crippen LogP contribution is -2.55. The van der Waals surface area contributed by atoms with Crippen LogP contribution in [0.4, 0.5) is 0 Å². The smallest absolute Gasteiger partial charge is 0.227 e. The van der Waals surface area contributed by atoms with Gasteiger partial charge in [0.25, 0.3) is 0 Å². The minimum atomic E-state index is -0.0634. The quantitative estimate of drug-likeness (QED) is 0.780. The van der Waals surface area contributed by atoms with Crippen molar-refractivity contribution in [2.45, 2.75) is 57.0 Å². The van der Waals surface area contributed by atoms with E-state index < -0.39 is 0 Å². The fourth-order valence-corrected chi connectivity index (χ4v) is 4.58. The van der Waals surface area contributed by atoms with Crippen molar-refractivity contribution in [2.24, 2.45) is 11.8 Å². The van der Waals surface area contributed by atoms with Crippen molar-refractivity contribution in [3.63, 3.8) is 0 Å². The lowest BCUT2D eigenvalue weighted by atomic mass is 9.94. The van der Waals surface area contributed by atoms with E-state index in [0.29, 0.717) is 19.7 Å². The topological polar surface area (TPSA) is 49.9 Å². The van der Waals surface area contributed by atoms with E-state index in [2.05, 4.69) is 0 Å². The third kappa shape index (κ3) is 3.12. The Morgan fingerprint density at radius 1 is 0.870 bits per heavy atom. The lowest BCUT2D eigenvalue weighted by molar-refractivity contribution is -0.156. The first kappa shape index (κ1) is 15.4. The molecule has 4 aliphatic rings. The summed E-state index contributed by atoms with van der Waals surface area (Å²) in [5.74, 6) is 0.807. The molecule has 0 N–H and O–H groups in total. The fourth-order valence-electron chi connectivity index (χ4n) is 4.58. The predicted molar refractivity (Wildman–Crippen MR) is 85.8 cm³/mol. The molecule has 23 heavy (non-hydrogen) atoms. The van der Waals surface area contributed by atoms with Gasteiger partial charge in [-0.2, -0.15) is 0 Å². The maximum Gasteiger partial charge on any atom is 0.227 e. The molecule has 4 rings (SSSR count). The van der Waals surface area contributed by atoms with Crippen LogP contribution in [0.15, 0.2) is 0 Å². The van der Waals surface area contributed by atoms with E-state index in [1.54, 1.807) is 0 Å². The van der Waals surface area contributed by atoms with Crippen molar-refractivity contribution >= 4 is 11.8 Å². The first-order valence-corrected chi connectivity index (χ1v) is 9.38. The van der Waals surface area contributed by atoms with Crippen LogP contribution in [-0.2, 0) is 14.3 Å². The van der Waals surface area contributed by atoms with Crippen molar-refractivity contribution in [1.82, 2.24) is 9.80 Å². The minimum absolute atomic E-state index is 0.00278. The van der Waals surface area contributed by atoms with Crippen LogP contribution in [0.2, 0.25) is 0 Å². The number of hydrogen-bond donors (Lipinski definition) is 0. The predicted octanol–water partition coefficient (Wildman–Crippen LogP) is 1.81. The Balaban J connectivity index is 1.38. The van der Waals surface area contributed by atoms with Crippen molar-refractivity contribution in [3.05, 3.63) is 0 Å². The van der Waals surface area contributed by atoms with Crippen molar-refractivity contribution < 1.29 is 14.3 Å². The van der Waals surface area contributed by atoms with Gasteiger partial charge in [0.2, 0.25) is 11.8 Å². The van der Waals surface area contributed by atoms with Crippen LogP contribution in [0.5, 0.6) is 0 Å². The summed E-state index contributed by atoms with van der Waals surface area (Å²) in [6.07, 6.45) is 8.59. The van der Waals surface area contributed by atoms with Gasteiger partial charge in [-0.05, 0) is 38.5 Å². The van der Waals surface area contributed by atoms with Gasteiger partial charge >= 0.3 is 0 Å². The average Bonchev–Trinajstić information content (AvgIpc) is 3.35. The monoisotopic (exact) mass is 320 g/mol. The highest BCUT2D eigenvalue weighted by molar-refractivity contribution is 5.83. The molecule has 5 nitrogen and oxygen atoms in total. The number of amides is 2. The minimum Gasteiger partial charge on any atom is -0.371 e. The summed E-state index contributed by atoms with van der Waals surface area (Å²) in [5.41, 5.74) is -0.0634. The molecule has 1 atom stereocenters. The average molecular weight is 320 g/mol. The number of ether oxygens (including phenoxy) is 1. The van der Waals surface area contributed by atoms with E-state index in [1.807, 2.05) is 9.80 Å². The van der Waals surface area contributed by atoms with Crippen molar-refractivity contribution in [2.75, 3.05) is 32.8 Å². The van der Waals surface area contributed by atoms with E-state index in [1.165, 1.54) is 12.8 Å². The maximum absolute atomic E-state index is 13.0. The van der Waals surface area contributed by atoms with Crippen LogP contribution in [0, 0.1) is 11.8 Å². The zero-order chi connectivity index (χ0) is 15.9. The second-order valence-electron chi connectivity index (χ2n) is 7.90. The Bertz CT molecular complexity index is 483. The second-order valence-corrected chi connectivity index (χ2v) is 7.90. The van der Waals surface area contributed by atoms with Crippen molar-refractivity contribution in [1.29, 1.82) is 0 Å². The molecule has 5 heteroatoms. The SMILES string of the molecule is O=C(C1CC1)N1CCC[C@@H](C(=O)N2CCOC3(CCCC3)C2)C1. The highest BCUT2D eigenvalue weighted by Crippen LogP contribution is 2.37. The number of hydrogen-bond acceptors (Lipinski definition) is 3. The molecule has 0 radical (unpaired) electrons. The highest BCUT2D eigenvalue weighted by atomic mass is 16.5. The fraction of sp³-hybridized carbons (Fsp3) is 0.889. The van der Waals surface area contributed by atoms with Gasteiger partial charge in [-0.25, -0.2) is 0 Å². The Kier molecular flexibility index (Phi) is 4.08. The molecule has 2 aliphatic carbocycles. The number of morpholine rings is 1. The Morgan fingerprint density at radius 3 is 2.35 bits per heavy atom. The molecule has 0 unspecified atom stereocenters. The third-order valence-electron chi connectivity index (χ3n) is 6.08. The summed E-state index contributed by atoms with van der Waals surface area (Å²) in [6.45, 7) is 3.63. The summed E-state index contributed by atoms with van der Waals surface area (Å²) in [6, 6.07) is 0. The number of nitrogens with zero attached hydrogens (tertiary/aromatic N) is 2. The summed E-state index contributed by atoms with van der Waals surface area (Å²) >= 11 is 0.